The monoisotopic (exact) mass is 474 g/mol. The molecule has 0 bridgehead atoms. The lowest BCUT2D eigenvalue weighted by molar-refractivity contribution is -0.113. The molecule has 0 aliphatic carbocycles. The molecule has 6 nitrogen and oxygen atoms in total. The van der Waals surface area contributed by atoms with E-state index in [2.05, 4.69) is 10.6 Å². The lowest BCUT2D eigenvalue weighted by Crippen LogP contribution is -2.16. The number of aromatic carboxylic acids is 1. The van der Waals surface area contributed by atoms with Crippen LogP contribution in [0.25, 0.3) is 0 Å². The third-order valence-electron chi connectivity index (χ3n) is 4.09. The van der Waals surface area contributed by atoms with Gasteiger partial charge in [0.2, 0.25) is 5.91 Å². The zero-order valence-electron chi connectivity index (χ0n) is 15.9. The highest BCUT2D eigenvalue weighted by molar-refractivity contribution is 8.00. The van der Waals surface area contributed by atoms with Crippen LogP contribution in [0.3, 0.4) is 0 Å². The standard InChI is InChI=1S/C22H16Cl2N2O4S/c23-18-10-7-14(11-19(18)24)25-20(27)12-31-15-8-5-13(6-9-15)26-21(28)16-3-1-2-4-17(16)22(29)30/h1-11H,12H2,(H,25,27)(H,26,28)(H,29,30). The molecule has 9 heteroatoms. The normalized spacial score (nSPS) is 10.4. The van der Waals surface area contributed by atoms with Gasteiger partial charge in [-0.2, -0.15) is 0 Å². The summed E-state index contributed by atoms with van der Waals surface area (Å²) < 4.78 is 0. The molecule has 158 valence electrons. The smallest absolute Gasteiger partial charge is 0.336 e. The quantitative estimate of drug-likeness (QED) is 0.383. The van der Waals surface area contributed by atoms with Gasteiger partial charge < -0.3 is 15.7 Å². The Morgan fingerprint density at radius 1 is 0.806 bits per heavy atom. The molecule has 0 saturated carbocycles. The molecule has 3 aromatic carbocycles. The molecule has 0 unspecified atom stereocenters. The van der Waals surface area contributed by atoms with Crippen LogP contribution in [0.15, 0.2) is 71.6 Å². The van der Waals surface area contributed by atoms with Crippen molar-refractivity contribution in [1.82, 2.24) is 0 Å². The number of carboxylic acid groups (broad SMARTS) is 1. The summed E-state index contributed by atoms with van der Waals surface area (Å²) in [5, 5.41) is 15.4. The van der Waals surface area contributed by atoms with Crippen molar-refractivity contribution in [3.05, 3.63) is 87.9 Å². The molecule has 0 heterocycles. The number of carbonyl (C=O) groups excluding carboxylic acids is 2. The fourth-order valence-corrected chi connectivity index (χ4v) is 3.62. The average Bonchev–Trinajstić information content (AvgIpc) is 2.76. The highest BCUT2D eigenvalue weighted by Gasteiger charge is 2.15. The van der Waals surface area contributed by atoms with Crippen molar-refractivity contribution >= 4 is 64.1 Å². The van der Waals surface area contributed by atoms with Crippen LogP contribution in [0.5, 0.6) is 0 Å². The number of rotatable bonds is 7. The van der Waals surface area contributed by atoms with E-state index in [4.69, 9.17) is 23.2 Å². The number of benzene rings is 3. The number of hydrogen-bond donors (Lipinski definition) is 3. The molecule has 0 aliphatic rings. The average molecular weight is 475 g/mol. The molecule has 3 N–H and O–H groups in total. The minimum atomic E-state index is -1.17. The fourth-order valence-electron chi connectivity index (χ4n) is 2.62. The minimum Gasteiger partial charge on any atom is -0.478 e. The largest absolute Gasteiger partial charge is 0.478 e. The molecule has 0 saturated heterocycles. The summed E-state index contributed by atoms with van der Waals surface area (Å²) in [4.78, 5) is 36.6. The van der Waals surface area contributed by atoms with E-state index >= 15 is 0 Å². The van der Waals surface area contributed by atoms with Gasteiger partial charge in [0.05, 0.1) is 26.9 Å². The van der Waals surface area contributed by atoms with Crippen molar-refractivity contribution in [2.24, 2.45) is 0 Å². The molecule has 0 aliphatic heterocycles. The van der Waals surface area contributed by atoms with Gasteiger partial charge in [-0.05, 0) is 54.6 Å². The lowest BCUT2D eigenvalue weighted by Gasteiger charge is -2.09. The van der Waals surface area contributed by atoms with Crippen molar-refractivity contribution in [3.63, 3.8) is 0 Å². The number of thioether (sulfide) groups is 1. The van der Waals surface area contributed by atoms with E-state index in [9.17, 15) is 19.5 Å². The predicted molar refractivity (Wildman–Crippen MR) is 124 cm³/mol. The molecule has 2 amide bonds. The zero-order chi connectivity index (χ0) is 22.4. The van der Waals surface area contributed by atoms with Crippen molar-refractivity contribution in [3.8, 4) is 0 Å². The molecular formula is C22H16Cl2N2O4S. The van der Waals surface area contributed by atoms with Gasteiger partial charge in [0.25, 0.3) is 5.91 Å². The summed E-state index contributed by atoms with van der Waals surface area (Å²) in [5.41, 5.74) is 1.07. The first kappa shape index (κ1) is 22.7. The van der Waals surface area contributed by atoms with E-state index in [-0.39, 0.29) is 22.8 Å². The van der Waals surface area contributed by atoms with Crippen LogP contribution in [0.2, 0.25) is 10.0 Å². The van der Waals surface area contributed by atoms with Gasteiger partial charge in [0, 0.05) is 16.3 Å². The summed E-state index contributed by atoms with van der Waals surface area (Å²) in [6.07, 6.45) is 0. The Kier molecular flexibility index (Phi) is 7.57. The van der Waals surface area contributed by atoms with E-state index in [0.29, 0.717) is 21.4 Å². The third-order valence-corrected chi connectivity index (χ3v) is 5.84. The Morgan fingerprint density at radius 3 is 2.10 bits per heavy atom. The first-order chi connectivity index (χ1) is 14.8. The van der Waals surface area contributed by atoms with Crippen LogP contribution < -0.4 is 10.6 Å². The van der Waals surface area contributed by atoms with Gasteiger partial charge in [-0.15, -0.1) is 11.8 Å². The van der Waals surface area contributed by atoms with E-state index in [0.717, 1.165) is 4.90 Å². The van der Waals surface area contributed by atoms with Crippen LogP contribution in [0.1, 0.15) is 20.7 Å². The second kappa shape index (κ2) is 10.3. The Labute approximate surface area is 192 Å². The molecule has 0 fully saturated rings. The Bertz CT molecular complexity index is 1140. The zero-order valence-corrected chi connectivity index (χ0v) is 18.2. The highest BCUT2D eigenvalue weighted by Crippen LogP contribution is 2.26. The summed E-state index contributed by atoms with van der Waals surface area (Å²) in [6.45, 7) is 0. The SMILES string of the molecule is O=C(CSc1ccc(NC(=O)c2ccccc2C(=O)O)cc1)Nc1ccc(Cl)c(Cl)c1. The van der Waals surface area contributed by atoms with Crippen LogP contribution in [0.4, 0.5) is 11.4 Å². The Hall–Kier alpha value is -3.00. The van der Waals surface area contributed by atoms with Gasteiger partial charge in [-0.1, -0.05) is 35.3 Å². The van der Waals surface area contributed by atoms with E-state index in [1.54, 1.807) is 54.6 Å². The Balaban J connectivity index is 1.55. The fraction of sp³-hybridized carbons (Fsp3) is 0.0455. The third kappa shape index (κ3) is 6.24. The number of carbonyl (C=O) groups is 3. The summed E-state index contributed by atoms with van der Waals surface area (Å²) in [7, 11) is 0. The molecule has 3 rings (SSSR count). The topological polar surface area (TPSA) is 95.5 Å². The van der Waals surface area contributed by atoms with E-state index in [1.165, 1.54) is 23.9 Å². The molecule has 0 aromatic heterocycles. The summed E-state index contributed by atoms with van der Waals surface area (Å²) in [6, 6.07) is 17.7. The van der Waals surface area contributed by atoms with Crippen molar-refractivity contribution in [2.45, 2.75) is 4.90 Å². The van der Waals surface area contributed by atoms with Crippen molar-refractivity contribution in [1.29, 1.82) is 0 Å². The summed E-state index contributed by atoms with van der Waals surface area (Å²) >= 11 is 13.1. The molecule has 0 radical (unpaired) electrons. The number of anilines is 2. The first-order valence-electron chi connectivity index (χ1n) is 8.95. The number of carboxylic acids is 1. The van der Waals surface area contributed by atoms with Crippen molar-refractivity contribution < 1.29 is 19.5 Å². The number of nitrogens with one attached hydrogen (secondary N) is 2. The lowest BCUT2D eigenvalue weighted by atomic mass is 10.1. The van der Waals surface area contributed by atoms with Gasteiger partial charge in [-0.3, -0.25) is 9.59 Å². The van der Waals surface area contributed by atoms with Crippen LogP contribution in [-0.4, -0.2) is 28.6 Å². The number of amides is 2. The van der Waals surface area contributed by atoms with Crippen LogP contribution in [0, 0.1) is 0 Å². The van der Waals surface area contributed by atoms with Crippen LogP contribution >= 0.6 is 35.0 Å². The molecule has 3 aromatic rings. The van der Waals surface area contributed by atoms with Gasteiger partial charge in [0.1, 0.15) is 0 Å². The predicted octanol–water partition coefficient (Wildman–Crippen LogP) is 5.67. The number of hydrogen-bond acceptors (Lipinski definition) is 4. The van der Waals surface area contributed by atoms with Crippen LogP contribution in [-0.2, 0) is 4.79 Å². The summed E-state index contributed by atoms with van der Waals surface area (Å²) in [5.74, 6) is -1.71. The maximum Gasteiger partial charge on any atom is 0.336 e. The molecular weight excluding hydrogens is 459 g/mol. The maximum atomic E-state index is 12.4. The maximum absolute atomic E-state index is 12.4. The second-order valence-electron chi connectivity index (χ2n) is 6.29. The number of halogens is 2. The molecule has 0 spiro atoms. The minimum absolute atomic E-state index is 0.0693. The van der Waals surface area contributed by atoms with Crippen molar-refractivity contribution in [2.75, 3.05) is 16.4 Å². The highest BCUT2D eigenvalue weighted by atomic mass is 35.5. The van der Waals surface area contributed by atoms with Gasteiger partial charge in [0.15, 0.2) is 0 Å². The van der Waals surface area contributed by atoms with Gasteiger partial charge in [-0.25, -0.2) is 4.79 Å². The van der Waals surface area contributed by atoms with E-state index in [1.807, 2.05) is 0 Å². The Morgan fingerprint density at radius 2 is 1.45 bits per heavy atom. The first-order valence-corrected chi connectivity index (χ1v) is 10.7. The van der Waals surface area contributed by atoms with E-state index < -0.39 is 11.9 Å². The second-order valence-corrected chi connectivity index (χ2v) is 8.16. The molecule has 31 heavy (non-hydrogen) atoms. The van der Waals surface area contributed by atoms with Gasteiger partial charge >= 0.3 is 5.97 Å². The molecule has 0 atom stereocenters.